The second-order valence-corrected chi connectivity index (χ2v) is 9.04. The SMILES string of the molecule is Cc1cccc2c1CCCC(CC1CCC(C(=O)Nc3ccc(O)cc3)CC1)C2=O. The van der Waals surface area contributed by atoms with Gasteiger partial charge in [0.05, 0.1) is 0 Å². The highest BCUT2D eigenvalue weighted by Crippen LogP contribution is 2.37. The van der Waals surface area contributed by atoms with E-state index < -0.39 is 0 Å². The molecule has 1 unspecified atom stereocenters. The topological polar surface area (TPSA) is 66.4 Å². The Kier molecular flexibility index (Phi) is 6.21. The van der Waals surface area contributed by atoms with Crippen LogP contribution in [0.15, 0.2) is 42.5 Å². The summed E-state index contributed by atoms with van der Waals surface area (Å²) in [5, 5.41) is 12.3. The van der Waals surface area contributed by atoms with Gasteiger partial charge < -0.3 is 10.4 Å². The van der Waals surface area contributed by atoms with Crippen LogP contribution in [-0.2, 0) is 11.2 Å². The Balaban J connectivity index is 1.32. The molecule has 30 heavy (non-hydrogen) atoms. The van der Waals surface area contributed by atoms with Crippen molar-refractivity contribution in [3.05, 3.63) is 59.2 Å². The average molecular weight is 406 g/mol. The number of phenols is 1. The zero-order valence-corrected chi connectivity index (χ0v) is 17.7. The van der Waals surface area contributed by atoms with Gasteiger partial charge in [0, 0.05) is 23.1 Å². The number of amides is 1. The van der Waals surface area contributed by atoms with Gasteiger partial charge in [-0.3, -0.25) is 9.59 Å². The number of hydrogen-bond acceptors (Lipinski definition) is 3. The molecule has 2 aromatic carbocycles. The van der Waals surface area contributed by atoms with Gasteiger partial charge in [-0.15, -0.1) is 0 Å². The summed E-state index contributed by atoms with van der Waals surface area (Å²) in [6.07, 6.45) is 7.81. The predicted molar refractivity (Wildman–Crippen MR) is 119 cm³/mol. The van der Waals surface area contributed by atoms with Crippen LogP contribution in [0.2, 0.25) is 0 Å². The maximum absolute atomic E-state index is 13.2. The lowest BCUT2D eigenvalue weighted by Crippen LogP contribution is -2.28. The number of ketones is 1. The largest absolute Gasteiger partial charge is 0.508 e. The number of Topliss-reactive ketones (excluding diaryl/α,β-unsaturated/α-hetero) is 1. The highest BCUT2D eigenvalue weighted by Gasteiger charge is 2.32. The van der Waals surface area contributed by atoms with E-state index in [-0.39, 0.29) is 23.5 Å². The molecule has 0 radical (unpaired) electrons. The first-order valence-corrected chi connectivity index (χ1v) is 11.2. The molecule has 1 fully saturated rings. The molecule has 2 N–H and O–H groups in total. The highest BCUT2D eigenvalue weighted by atomic mass is 16.3. The van der Waals surface area contributed by atoms with Gasteiger partial charge in [0.2, 0.25) is 5.91 Å². The van der Waals surface area contributed by atoms with E-state index in [4.69, 9.17) is 0 Å². The molecule has 0 bridgehead atoms. The van der Waals surface area contributed by atoms with Crippen molar-refractivity contribution >= 4 is 17.4 Å². The van der Waals surface area contributed by atoms with Crippen molar-refractivity contribution in [2.75, 3.05) is 5.32 Å². The van der Waals surface area contributed by atoms with Crippen molar-refractivity contribution in [3.8, 4) is 5.75 Å². The number of anilines is 1. The van der Waals surface area contributed by atoms with Crippen molar-refractivity contribution in [2.24, 2.45) is 17.8 Å². The molecule has 0 heterocycles. The molecule has 0 aromatic heterocycles. The maximum atomic E-state index is 13.2. The molecular weight excluding hydrogens is 374 g/mol. The quantitative estimate of drug-likeness (QED) is 0.509. The van der Waals surface area contributed by atoms with Crippen LogP contribution >= 0.6 is 0 Å². The number of phenolic OH excluding ortho intramolecular Hbond substituents is 1. The molecule has 158 valence electrons. The van der Waals surface area contributed by atoms with Crippen LogP contribution in [0.25, 0.3) is 0 Å². The zero-order chi connectivity index (χ0) is 21.1. The number of hydrogen-bond donors (Lipinski definition) is 2. The van der Waals surface area contributed by atoms with Crippen LogP contribution in [0.5, 0.6) is 5.75 Å². The Morgan fingerprint density at radius 2 is 1.77 bits per heavy atom. The van der Waals surface area contributed by atoms with Crippen LogP contribution in [0.1, 0.15) is 66.4 Å². The van der Waals surface area contributed by atoms with E-state index in [1.165, 1.54) is 11.1 Å². The predicted octanol–water partition coefficient (Wildman–Crippen LogP) is 5.67. The first-order chi connectivity index (χ1) is 14.5. The van der Waals surface area contributed by atoms with Gasteiger partial charge in [0.25, 0.3) is 0 Å². The van der Waals surface area contributed by atoms with E-state index in [0.29, 0.717) is 11.7 Å². The van der Waals surface area contributed by atoms with E-state index in [1.54, 1.807) is 24.3 Å². The summed E-state index contributed by atoms with van der Waals surface area (Å²) in [7, 11) is 0. The number of carbonyl (C=O) groups excluding carboxylic acids is 2. The number of fused-ring (bicyclic) bond motifs is 1. The zero-order valence-electron chi connectivity index (χ0n) is 17.7. The fraction of sp³-hybridized carbons (Fsp3) is 0.462. The summed E-state index contributed by atoms with van der Waals surface area (Å²) in [5.41, 5.74) is 4.15. The smallest absolute Gasteiger partial charge is 0.227 e. The number of carbonyl (C=O) groups is 2. The molecule has 2 aliphatic carbocycles. The van der Waals surface area contributed by atoms with Crippen molar-refractivity contribution in [1.29, 1.82) is 0 Å². The van der Waals surface area contributed by atoms with Crippen LogP contribution in [0, 0.1) is 24.7 Å². The second kappa shape index (κ2) is 9.03. The van der Waals surface area contributed by atoms with Crippen molar-refractivity contribution in [1.82, 2.24) is 0 Å². The minimum Gasteiger partial charge on any atom is -0.508 e. The summed E-state index contributed by atoms with van der Waals surface area (Å²) in [6, 6.07) is 12.7. The summed E-state index contributed by atoms with van der Waals surface area (Å²) in [5.74, 6) is 1.28. The average Bonchev–Trinajstić information content (AvgIpc) is 2.90. The van der Waals surface area contributed by atoms with Gasteiger partial charge in [-0.05, 0) is 99.6 Å². The van der Waals surface area contributed by atoms with E-state index in [9.17, 15) is 14.7 Å². The minimum absolute atomic E-state index is 0.0308. The third-order valence-electron chi connectivity index (χ3n) is 7.00. The summed E-state index contributed by atoms with van der Waals surface area (Å²) < 4.78 is 0. The van der Waals surface area contributed by atoms with Gasteiger partial charge in [0.1, 0.15) is 5.75 Å². The molecular formula is C26H31NO3. The van der Waals surface area contributed by atoms with Crippen molar-refractivity contribution < 1.29 is 14.7 Å². The summed E-state index contributed by atoms with van der Waals surface area (Å²) >= 11 is 0. The maximum Gasteiger partial charge on any atom is 0.227 e. The lowest BCUT2D eigenvalue weighted by atomic mass is 9.76. The first-order valence-electron chi connectivity index (χ1n) is 11.2. The van der Waals surface area contributed by atoms with Gasteiger partial charge >= 0.3 is 0 Å². The number of aryl methyl sites for hydroxylation is 1. The standard InChI is InChI=1S/C26H31NO3/c1-17-4-2-7-24-23(17)6-3-5-20(25(24)29)16-18-8-10-19(11-9-18)26(30)27-21-12-14-22(28)15-13-21/h2,4,7,12-15,18-20,28H,3,5-6,8-11,16H2,1H3,(H,27,30). The monoisotopic (exact) mass is 405 g/mol. The van der Waals surface area contributed by atoms with Crippen molar-refractivity contribution in [3.63, 3.8) is 0 Å². The lowest BCUT2D eigenvalue weighted by molar-refractivity contribution is -0.121. The molecule has 4 nitrogen and oxygen atoms in total. The van der Waals surface area contributed by atoms with E-state index in [2.05, 4.69) is 18.3 Å². The molecule has 2 aromatic rings. The molecule has 4 rings (SSSR count). The molecule has 1 amide bonds. The van der Waals surface area contributed by atoms with Crippen LogP contribution in [0.4, 0.5) is 5.69 Å². The Bertz CT molecular complexity index is 910. The minimum atomic E-state index is 0.0308. The number of nitrogens with one attached hydrogen (secondary N) is 1. The lowest BCUT2D eigenvalue weighted by Gasteiger charge is -2.30. The molecule has 1 saturated carbocycles. The molecule has 4 heteroatoms. The Labute approximate surface area is 178 Å². The number of rotatable bonds is 4. The van der Waals surface area contributed by atoms with E-state index in [0.717, 1.165) is 62.6 Å². The first kappa shape index (κ1) is 20.6. The fourth-order valence-corrected chi connectivity index (χ4v) is 5.22. The third-order valence-corrected chi connectivity index (χ3v) is 7.00. The Morgan fingerprint density at radius 3 is 2.50 bits per heavy atom. The Morgan fingerprint density at radius 1 is 1.03 bits per heavy atom. The van der Waals surface area contributed by atoms with Crippen LogP contribution in [-0.4, -0.2) is 16.8 Å². The molecule has 0 spiro atoms. The number of benzene rings is 2. The highest BCUT2D eigenvalue weighted by molar-refractivity contribution is 5.99. The van der Waals surface area contributed by atoms with Crippen LogP contribution < -0.4 is 5.32 Å². The Hall–Kier alpha value is -2.62. The van der Waals surface area contributed by atoms with Crippen molar-refractivity contribution in [2.45, 2.75) is 58.3 Å². The van der Waals surface area contributed by atoms with E-state index in [1.807, 2.05) is 12.1 Å². The normalized spacial score (nSPS) is 24.0. The third kappa shape index (κ3) is 4.58. The summed E-state index contributed by atoms with van der Waals surface area (Å²) in [4.78, 5) is 25.8. The molecule has 0 saturated heterocycles. The second-order valence-electron chi connectivity index (χ2n) is 9.04. The van der Waals surface area contributed by atoms with Gasteiger partial charge in [0.15, 0.2) is 5.78 Å². The van der Waals surface area contributed by atoms with Crippen LogP contribution in [0.3, 0.4) is 0 Å². The van der Waals surface area contributed by atoms with Gasteiger partial charge in [-0.25, -0.2) is 0 Å². The fourth-order valence-electron chi connectivity index (χ4n) is 5.22. The number of aromatic hydroxyl groups is 1. The van der Waals surface area contributed by atoms with Gasteiger partial charge in [-0.2, -0.15) is 0 Å². The van der Waals surface area contributed by atoms with Gasteiger partial charge in [-0.1, -0.05) is 18.2 Å². The summed E-state index contributed by atoms with van der Waals surface area (Å²) in [6.45, 7) is 2.11. The molecule has 1 atom stereocenters. The van der Waals surface area contributed by atoms with E-state index >= 15 is 0 Å². The molecule has 2 aliphatic rings. The molecule has 0 aliphatic heterocycles.